The molecule has 0 radical (unpaired) electrons. The molecule has 0 unspecified atom stereocenters. The highest BCUT2D eigenvalue weighted by Gasteiger charge is 2.28. The van der Waals surface area contributed by atoms with Gasteiger partial charge in [-0.05, 0) is 86.7 Å². The van der Waals surface area contributed by atoms with E-state index in [1.807, 2.05) is 42.5 Å². The second-order valence-electron chi connectivity index (χ2n) is 11.3. The maximum Gasteiger partial charge on any atom is 0.341 e. The first-order chi connectivity index (χ1) is 23.3. The summed E-state index contributed by atoms with van der Waals surface area (Å²) in [5, 5.41) is 9.61. The van der Waals surface area contributed by atoms with E-state index in [-0.39, 0.29) is 11.6 Å². The number of para-hydroxylation sites is 1. The van der Waals surface area contributed by atoms with Crippen molar-refractivity contribution in [1.82, 2.24) is 10.3 Å². The number of ether oxygens (including phenoxy) is 1. The van der Waals surface area contributed by atoms with Gasteiger partial charge in [0.05, 0.1) is 17.9 Å². The second kappa shape index (κ2) is 14.7. The van der Waals surface area contributed by atoms with Gasteiger partial charge in [0.15, 0.2) is 0 Å². The van der Waals surface area contributed by atoms with Crippen molar-refractivity contribution < 1.29 is 23.9 Å². The Bertz CT molecular complexity index is 2010. The molecule has 3 amide bonds. The van der Waals surface area contributed by atoms with Gasteiger partial charge in [-0.15, -0.1) is 23.1 Å². The number of fused-ring (bicyclic) bond motifs is 2. The van der Waals surface area contributed by atoms with Crippen molar-refractivity contribution in [1.29, 1.82) is 0 Å². The van der Waals surface area contributed by atoms with Gasteiger partial charge in [-0.25, -0.2) is 4.79 Å². The normalized spacial score (nSPS) is 13.3. The molecule has 6 rings (SSSR count). The summed E-state index contributed by atoms with van der Waals surface area (Å²) in [6.07, 6.45) is 7.21. The van der Waals surface area contributed by atoms with Gasteiger partial charge in [0.25, 0.3) is 11.8 Å². The van der Waals surface area contributed by atoms with Gasteiger partial charge in [-0.2, -0.15) is 0 Å². The molecular weight excluding hydrogens is 645 g/mol. The summed E-state index contributed by atoms with van der Waals surface area (Å²) in [5.41, 5.74) is 4.16. The van der Waals surface area contributed by atoms with Gasteiger partial charge in [0, 0.05) is 43.7 Å². The largest absolute Gasteiger partial charge is 0.465 e. The molecule has 2 aromatic heterocycles. The van der Waals surface area contributed by atoms with Gasteiger partial charge in [0.1, 0.15) is 10.7 Å². The maximum atomic E-state index is 13.5. The number of H-pyrrole nitrogens is 1. The molecule has 1 aliphatic carbocycles. The third-order valence-electron chi connectivity index (χ3n) is 8.04. The molecule has 48 heavy (non-hydrogen) atoms. The van der Waals surface area contributed by atoms with E-state index >= 15 is 0 Å². The van der Waals surface area contributed by atoms with Crippen molar-refractivity contribution in [2.45, 2.75) is 42.8 Å². The molecule has 0 spiro atoms. The molecule has 3 aromatic carbocycles. The molecular formula is C37H34N4O5S2. The monoisotopic (exact) mass is 678 g/mol. The van der Waals surface area contributed by atoms with Gasteiger partial charge < -0.3 is 25.7 Å². The van der Waals surface area contributed by atoms with E-state index in [1.165, 1.54) is 30.2 Å². The topological polar surface area (TPSA) is 129 Å². The Hall–Kier alpha value is -5.13. The molecule has 0 fully saturated rings. The number of esters is 1. The summed E-state index contributed by atoms with van der Waals surface area (Å²) in [6, 6.07) is 23.5. The Labute approximate surface area is 286 Å². The third-order valence-corrected chi connectivity index (χ3v) is 10.4. The number of methoxy groups -OCH3 is 1. The number of rotatable bonds is 10. The summed E-state index contributed by atoms with van der Waals surface area (Å²) < 4.78 is 5.03. The maximum absolute atomic E-state index is 13.5. The summed E-state index contributed by atoms with van der Waals surface area (Å²) in [4.78, 5) is 57.5. The lowest BCUT2D eigenvalue weighted by molar-refractivity contribution is -0.115. The number of carbonyl (C=O) groups is 4. The summed E-state index contributed by atoms with van der Waals surface area (Å²) in [5.74, 6) is -1.54. The minimum Gasteiger partial charge on any atom is -0.465 e. The van der Waals surface area contributed by atoms with Crippen LogP contribution in [0.2, 0.25) is 0 Å². The van der Waals surface area contributed by atoms with Gasteiger partial charge in [0.2, 0.25) is 5.91 Å². The molecule has 4 N–H and O–H groups in total. The fourth-order valence-electron chi connectivity index (χ4n) is 5.57. The number of carbonyl (C=O) groups excluding carboxylic acids is 4. The van der Waals surface area contributed by atoms with Crippen LogP contribution < -0.4 is 16.0 Å². The van der Waals surface area contributed by atoms with Crippen molar-refractivity contribution in [2.75, 3.05) is 17.7 Å². The van der Waals surface area contributed by atoms with Crippen LogP contribution in [0.4, 0.5) is 10.7 Å². The molecule has 9 nitrogen and oxygen atoms in total. The van der Waals surface area contributed by atoms with Crippen LogP contribution in [0.3, 0.4) is 0 Å². The van der Waals surface area contributed by atoms with Crippen molar-refractivity contribution >= 4 is 74.5 Å². The average Bonchev–Trinajstić information content (AvgIpc) is 3.69. The van der Waals surface area contributed by atoms with Crippen LogP contribution in [-0.2, 0) is 27.2 Å². The van der Waals surface area contributed by atoms with Crippen LogP contribution in [0, 0.1) is 0 Å². The number of hydrogen-bond acceptors (Lipinski definition) is 7. The smallest absolute Gasteiger partial charge is 0.341 e. The lowest BCUT2D eigenvalue weighted by Gasteiger charge is -2.14. The number of thioether (sulfide) groups is 1. The third kappa shape index (κ3) is 7.37. The number of anilines is 2. The van der Waals surface area contributed by atoms with Gasteiger partial charge in [-0.3, -0.25) is 14.4 Å². The van der Waals surface area contributed by atoms with E-state index in [2.05, 4.69) is 20.9 Å². The van der Waals surface area contributed by atoms with Crippen LogP contribution in [-0.4, -0.2) is 41.0 Å². The average molecular weight is 679 g/mol. The lowest BCUT2D eigenvalue weighted by atomic mass is 9.95. The molecule has 0 aliphatic heterocycles. The Morgan fingerprint density at radius 1 is 0.917 bits per heavy atom. The SMILES string of the molecule is COC(=O)c1c(NC(=O)[C@H](C)Sc2ccc(NC(=O)/C(=C/c3c[nH]c4ccccc34)NC(=O)c3ccccc3)cc2)sc2c1CCCC2. The Balaban J connectivity index is 1.14. The van der Waals surface area contributed by atoms with Gasteiger partial charge >= 0.3 is 5.97 Å². The minimum atomic E-state index is -0.488. The summed E-state index contributed by atoms with van der Waals surface area (Å²) >= 11 is 2.82. The molecule has 1 aliphatic rings. The highest BCUT2D eigenvalue weighted by Crippen LogP contribution is 2.39. The van der Waals surface area contributed by atoms with E-state index in [9.17, 15) is 19.2 Å². The van der Waals surface area contributed by atoms with E-state index in [0.29, 0.717) is 21.8 Å². The number of hydrogen-bond donors (Lipinski definition) is 4. The van der Waals surface area contributed by atoms with Crippen LogP contribution in [0.25, 0.3) is 17.0 Å². The minimum absolute atomic E-state index is 0.0823. The molecule has 5 aromatic rings. The number of thiophene rings is 1. The van der Waals surface area contributed by atoms with Crippen LogP contribution in [0.5, 0.6) is 0 Å². The van der Waals surface area contributed by atoms with E-state index in [0.717, 1.165) is 57.5 Å². The summed E-state index contributed by atoms with van der Waals surface area (Å²) in [6.45, 7) is 1.80. The number of amides is 3. The summed E-state index contributed by atoms with van der Waals surface area (Å²) in [7, 11) is 1.35. The zero-order valence-electron chi connectivity index (χ0n) is 26.4. The van der Waals surface area contributed by atoms with E-state index in [4.69, 9.17) is 4.74 Å². The fraction of sp³-hybridized carbons (Fsp3) is 0.189. The molecule has 1 atom stereocenters. The number of aromatic nitrogens is 1. The fourth-order valence-corrected chi connectivity index (χ4v) is 7.72. The van der Waals surface area contributed by atoms with Crippen LogP contribution in [0.15, 0.2) is 95.7 Å². The first-order valence-electron chi connectivity index (χ1n) is 15.6. The van der Waals surface area contributed by atoms with E-state index in [1.54, 1.807) is 55.6 Å². The number of nitrogens with one attached hydrogen (secondary N) is 4. The second-order valence-corrected chi connectivity index (χ2v) is 13.8. The molecule has 0 saturated heterocycles. The predicted octanol–water partition coefficient (Wildman–Crippen LogP) is 7.42. The predicted molar refractivity (Wildman–Crippen MR) is 192 cm³/mol. The highest BCUT2D eigenvalue weighted by molar-refractivity contribution is 8.00. The molecule has 0 saturated carbocycles. The first-order valence-corrected chi connectivity index (χ1v) is 17.3. The Morgan fingerprint density at radius 3 is 2.42 bits per heavy atom. The zero-order valence-corrected chi connectivity index (χ0v) is 28.1. The quantitative estimate of drug-likeness (QED) is 0.0691. The number of aryl methyl sites for hydroxylation is 1. The van der Waals surface area contributed by atoms with E-state index < -0.39 is 23.0 Å². The van der Waals surface area contributed by atoms with Crippen molar-refractivity contribution in [2.24, 2.45) is 0 Å². The Kier molecular flexibility index (Phi) is 10.1. The van der Waals surface area contributed by atoms with Crippen molar-refractivity contribution in [3.63, 3.8) is 0 Å². The van der Waals surface area contributed by atoms with Gasteiger partial charge in [-0.1, -0.05) is 36.4 Å². The van der Waals surface area contributed by atoms with Crippen LogP contribution in [0.1, 0.15) is 56.5 Å². The lowest BCUT2D eigenvalue weighted by Crippen LogP contribution is -2.30. The number of aromatic amines is 1. The molecule has 11 heteroatoms. The van der Waals surface area contributed by atoms with Crippen LogP contribution >= 0.6 is 23.1 Å². The molecule has 244 valence electrons. The van der Waals surface area contributed by atoms with Crippen molar-refractivity contribution in [3.8, 4) is 0 Å². The molecule has 0 bridgehead atoms. The van der Waals surface area contributed by atoms with Crippen molar-refractivity contribution in [3.05, 3.63) is 118 Å². The first kappa shape index (κ1) is 32.8. The zero-order chi connectivity index (χ0) is 33.6. The highest BCUT2D eigenvalue weighted by atomic mass is 32.2. The molecule has 2 heterocycles. The standard InChI is InChI=1S/C37H34N4O5S2/c1-22(33(42)41-36-32(37(45)46-2)28-13-7-9-15-31(28)48-36)47-26-18-16-25(17-19-26)39-35(44)30(40-34(43)23-10-4-3-5-11-23)20-24-21-38-29-14-8-6-12-27(24)29/h3-6,8,10-12,14,16-22,38H,7,9,13,15H2,1-2H3,(H,39,44)(H,40,43)(H,41,42)/b30-20-/t22-/m0/s1. The number of benzene rings is 3. The Morgan fingerprint density at radius 2 is 1.65 bits per heavy atom.